The van der Waals surface area contributed by atoms with Crippen molar-refractivity contribution < 1.29 is 48.3 Å². The van der Waals surface area contributed by atoms with Crippen molar-refractivity contribution in [1.82, 2.24) is 0 Å². The number of aliphatic hydroxyl groups excluding tert-OH is 4. The van der Waals surface area contributed by atoms with Crippen LogP contribution in [0.3, 0.4) is 0 Å². The Balaban J connectivity index is 4.56. The minimum absolute atomic E-state index is 0.0660. The molecule has 0 heterocycles. The molecular weight excluding hydrogens is 444 g/mol. The summed E-state index contributed by atoms with van der Waals surface area (Å²) < 4.78 is 24.0. The average molecular weight is 499 g/mol. The zero-order chi connectivity index (χ0) is 26.4. The normalized spacial score (nSPS) is 18.4. The lowest BCUT2D eigenvalue weighted by molar-refractivity contribution is -0.873. The van der Waals surface area contributed by atoms with Gasteiger partial charge >= 0.3 is 0 Å². The van der Waals surface area contributed by atoms with E-state index in [2.05, 4.69) is 0 Å². The molecule has 0 spiro atoms. The molecule has 0 radical (unpaired) electrons. The molecule has 0 saturated heterocycles. The molecule has 10 nitrogen and oxygen atoms in total. The van der Waals surface area contributed by atoms with Crippen molar-refractivity contribution in [2.75, 3.05) is 95.0 Å². The summed E-state index contributed by atoms with van der Waals surface area (Å²) in [5.41, 5.74) is 0. The average Bonchev–Trinajstić information content (AvgIpc) is 2.65. The van der Waals surface area contributed by atoms with Crippen LogP contribution in [0.25, 0.3) is 0 Å². The fourth-order valence-electron chi connectivity index (χ4n) is 3.46. The summed E-state index contributed by atoms with van der Waals surface area (Å²) in [5.74, 6) is 0. The summed E-state index contributed by atoms with van der Waals surface area (Å²) >= 11 is 0. The number of rotatable bonds is 21. The number of nitrogens with zero attached hydrogens (tertiary/aromatic N) is 2. The van der Waals surface area contributed by atoms with Gasteiger partial charge in [-0.05, 0) is 19.8 Å². The van der Waals surface area contributed by atoms with Crippen molar-refractivity contribution in [2.24, 2.45) is 0 Å². The fraction of sp³-hybridized carbons (Fsp3) is 1.00. The molecule has 0 bridgehead atoms. The highest BCUT2D eigenvalue weighted by atomic mass is 16.6. The van der Waals surface area contributed by atoms with Crippen molar-refractivity contribution in [1.29, 1.82) is 0 Å². The van der Waals surface area contributed by atoms with E-state index in [1.807, 2.05) is 49.2 Å². The van der Waals surface area contributed by atoms with Gasteiger partial charge in [0.05, 0.1) is 94.1 Å². The van der Waals surface area contributed by atoms with Crippen LogP contribution >= 0.6 is 0 Å². The molecule has 4 N–H and O–H groups in total. The fourth-order valence-corrected chi connectivity index (χ4v) is 3.46. The molecule has 0 aromatic rings. The molecule has 6 unspecified atom stereocenters. The van der Waals surface area contributed by atoms with Crippen molar-refractivity contribution >= 4 is 0 Å². The maximum absolute atomic E-state index is 10.3. The zero-order valence-corrected chi connectivity index (χ0v) is 22.9. The van der Waals surface area contributed by atoms with Crippen molar-refractivity contribution in [3.63, 3.8) is 0 Å². The molecule has 34 heavy (non-hydrogen) atoms. The Bertz CT molecular complexity index is 496. The van der Waals surface area contributed by atoms with Crippen LogP contribution in [0.5, 0.6) is 0 Å². The van der Waals surface area contributed by atoms with Gasteiger partial charge in [-0.25, -0.2) is 0 Å². The van der Waals surface area contributed by atoms with E-state index in [0.717, 1.165) is 6.42 Å². The molecule has 0 saturated carbocycles. The summed E-state index contributed by atoms with van der Waals surface area (Å²) in [7, 11) is 12.0. The summed E-state index contributed by atoms with van der Waals surface area (Å²) in [4.78, 5) is 0. The smallest absolute Gasteiger partial charge is 0.126 e. The Morgan fingerprint density at radius 2 is 1.00 bits per heavy atom. The number of hydrogen-bond acceptors (Lipinski definition) is 8. The van der Waals surface area contributed by atoms with Crippen LogP contribution in [0.15, 0.2) is 0 Å². The van der Waals surface area contributed by atoms with Gasteiger partial charge in [0, 0.05) is 0 Å². The maximum atomic E-state index is 10.3. The number of aliphatic hydroxyl groups is 4. The maximum Gasteiger partial charge on any atom is 0.126 e. The van der Waals surface area contributed by atoms with Crippen LogP contribution in [0.2, 0.25) is 0 Å². The Labute approximate surface area is 207 Å². The molecule has 0 amide bonds. The summed E-state index contributed by atoms with van der Waals surface area (Å²) in [6, 6.07) is 0. The van der Waals surface area contributed by atoms with Gasteiger partial charge in [-0.2, -0.15) is 0 Å². The Morgan fingerprint density at radius 1 is 0.588 bits per heavy atom. The van der Waals surface area contributed by atoms with E-state index in [-0.39, 0.29) is 45.7 Å². The van der Waals surface area contributed by atoms with Crippen LogP contribution in [0, 0.1) is 0 Å². The summed E-state index contributed by atoms with van der Waals surface area (Å²) in [6.07, 6.45) is -1.79. The van der Waals surface area contributed by atoms with E-state index in [0.29, 0.717) is 28.5 Å². The Kier molecular flexibility index (Phi) is 16.9. The predicted octanol–water partition coefficient (Wildman–Crippen LogP) is -0.534. The molecule has 206 valence electrons. The first-order valence-corrected chi connectivity index (χ1v) is 12.3. The minimum Gasteiger partial charge on any atom is -0.393 e. The number of ether oxygens (including phenoxy) is 4. The molecule has 0 aliphatic rings. The third-order valence-corrected chi connectivity index (χ3v) is 4.85. The monoisotopic (exact) mass is 498 g/mol. The lowest BCUT2D eigenvalue weighted by Crippen LogP contribution is -2.44. The standard InChI is InChI=1S/C24H54N2O8/c1-9-23(10-19(2)27)33-16-22(30)14-32-18-24(34-15-21(29)12-26(6,7)8)17-31-13-20(28)11-25(3,4)5/h19-24,27-30H,9-18H2,1-8H3/q+2. The lowest BCUT2D eigenvalue weighted by Gasteiger charge is -2.28. The molecular formula is C24H54N2O8+2. The predicted molar refractivity (Wildman–Crippen MR) is 132 cm³/mol. The number of quaternary nitrogens is 2. The molecule has 6 atom stereocenters. The van der Waals surface area contributed by atoms with Crippen molar-refractivity contribution in [2.45, 2.75) is 63.3 Å². The van der Waals surface area contributed by atoms with Gasteiger partial charge in [-0.3, -0.25) is 0 Å². The lowest BCUT2D eigenvalue weighted by atomic mass is 10.1. The Hall–Kier alpha value is -0.400. The second kappa shape index (κ2) is 17.1. The minimum atomic E-state index is -0.806. The van der Waals surface area contributed by atoms with Gasteiger partial charge < -0.3 is 48.3 Å². The van der Waals surface area contributed by atoms with E-state index < -0.39 is 30.5 Å². The van der Waals surface area contributed by atoms with Crippen LogP contribution in [-0.2, 0) is 18.9 Å². The zero-order valence-electron chi connectivity index (χ0n) is 22.9. The Morgan fingerprint density at radius 3 is 1.44 bits per heavy atom. The number of likely N-dealkylation sites (N-methyl/N-ethyl adjacent to an activating group) is 2. The third-order valence-electron chi connectivity index (χ3n) is 4.85. The molecule has 0 rings (SSSR count). The van der Waals surface area contributed by atoms with Crippen molar-refractivity contribution in [3.05, 3.63) is 0 Å². The second-order valence-electron chi connectivity index (χ2n) is 11.4. The van der Waals surface area contributed by atoms with Crippen LogP contribution < -0.4 is 0 Å². The quantitative estimate of drug-likeness (QED) is 0.156. The summed E-state index contributed by atoms with van der Waals surface area (Å²) in [6.45, 7) is 5.65. The molecule has 0 aliphatic carbocycles. The van der Waals surface area contributed by atoms with E-state index in [1.165, 1.54) is 0 Å². The van der Waals surface area contributed by atoms with Crippen LogP contribution in [-0.4, -0.2) is 161 Å². The van der Waals surface area contributed by atoms with E-state index >= 15 is 0 Å². The molecule has 10 heteroatoms. The number of hydrogen-bond donors (Lipinski definition) is 4. The largest absolute Gasteiger partial charge is 0.393 e. The van der Waals surface area contributed by atoms with Gasteiger partial charge in [-0.1, -0.05) is 6.92 Å². The van der Waals surface area contributed by atoms with Crippen LogP contribution in [0.4, 0.5) is 0 Å². The molecule has 0 aliphatic heterocycles. The van der Waals surface area contributed by atoms with Crippen LogP contribution in [0.1, 0.15) is 26.7 Å². The van der Waals surface area contributed by atoms with Gasteiger partial charge in [0.25, 0.3) is 0 Å². The topological polar surface area (TPSA) is 118 Å². The molecule has 0 fully saturated rings. The third kappa shape index (κ3) is 20.9. The van der Waals surface area contributed by atoms with Gasteiger partial charge in [0.1, 0.15) is 37.5 Å². The first kappa shape index (κ1) is 33.6. The highest BCUT2D eigenvalue weighted by Gasteiger charge is 2.21. The molecule has 0 aromatic heterocycles. The highest BCUT2D eigenvalue weighted by molar-refractivity contribution is 4.64. The highest BCUT2D eigenvalue weighted by Crippen LogP contribution is 2.08. The first-order chi connectivity index (χ1) is 15.6. The van der Waals surface area contributed by atoms with E-state index in [1.54, 1.807) is 6.92 Å². The first-order valence-electron chi connectivity index (χ1n) is 12.3. The van der Waals surface area contributed by atoms with Crippen molar-refractivity contribution in [3.8, 4) is 0 Å². The molecule has 0 aromatic carbocycles. The second-order valence-corrected chi connectivity index (χ2v) is 11.4. The van der Waals surface area contributed by atoms with E-state index in [4.69, 9.17) is 18.9 Å². The van der Waals surface area contributed by atoms with E-state index in [9.17, 15) is 20.4 Å². The van der Waals surface area contributed by atoms with Gasteiger partial charge in [-0.15, -0.1) is 0 Å². The summed E-state index contributed by atoms with van der Waals surface area (Å²) in [5, 5.41) is 40.1. The van der Waals surface area contributed by atoms with Gasteiger partial charge in [0.2, 0.25) is 0 Å². The SMILES string of the molecule is CCC(CC(C)O)OCC(O)COCC(COCC(O)C[N+](C)(C)C)OCC(O)C[N+](C)(C)C. The van der Waals surface area contributed by atoms with Gasteiger partial charge in [0.15, 0.2) is 0 Å².